The molecule has 2 aromatic rings. The molecule has 1 aliphatic rings. The van der Waals surface area contributed by atoms with Crippen molar-refractivity contribution >= 4 is 35.0 Å². The van der Waals surface area contributed by atoms with Crippen LogP contribution in [0.3, 0.4) is 0 Å². The summed E-state index contributed by atoms with van der Waals surface area (Å²) in [6.07, 6.45) is 7.58. The SMILES string of the molecule is CCCCCCCCC(=O)Nc1cccc(C2SCC(=O)N2c2cc(C)cc(C)c2)c1. The van der Waals surface area contributed by atoms with Gasteiger partial charge in [0.15, 0.2) is 0 Å². The van der Waals surface area contributed by atoms with Gasteiger partial charge in [0.05, 0.1) is 5.75 Å². The molecule has 1 aliphatic heterocycles. The average molecular weight is 439 g/mol. The normalized spacial score (nSPS) is 16.0. The van der Waals surface area contributed by atoms with Gasteiger partial charge in [-0.05, 0) is 61.2 Å². The van der Waals surface area contributed by atoms with Gasteiger partial charge in [-0.3, -0.25) is 14.5 Å². The van der Waals surface area contributed by atoms with Gasteiger partial charge in [0.1, 0.15) is 5.37 Å². The van der Waals surface area contributed by atoms with Crippen LogP contribution in [0.25, 0.3) is 0 Å². The lowest BCUT2D eigenvalue weighted by molar-refractivity contribution is -0.117. The smallest absolute Gasteiger partial charge is 0.238 e. The number of amides is 2. The standard InChI is InChI=1S/C26H34N2O2S/c1-4-5-6-7-8-9-13-24(29)27-22-12-10-11-21(17-22)26-28(25(30)18-31-26)23-15-19(2)14-20(3)16-23/h10-12,14-17,26H,4-9,13,18H2,1-3H3,(H,27,29). The van der Waals surface area contributed by atoms with Gasteiger partial charge < -0.3 is 5.32 Å². The Bertz CT molecular complexity index is 892. The van der Waals surface area contributed by atoms with E-state index in [0.717, 1.165) is 40.9 Å². The Hall–Kier alpha value is -2.27. The van der Waals surface area contributed by atoms with E-state index in [-0.39, 0.29) is 17.2 Å². The van der Waals surface area contributed by atoms with E-state index in [1.165, 1.54) is 25.7 Å². The molecule has 166 valence electrons. The molecule has 4 nitrogen and oxygen atoms in total. The molecule has 0 radical (unpaired) electrons. The number of carbonyl (C=O) groups is 2. The molecule has 0 aromatic heterocycles. The van der Waals surface area contributed by atoms with Crippen LogP contribution in [0.15, 0.2) is 42.5 Å². The molecule has 3 rings (SSSR count). The Kier molecular flexibility index (Phi) is 8.59. The van der Waals surface area contributed by atoms with E-state index in [1.54, 1.807) is 11.8 Å². The van der Waals surface area contributed by atoms with Gasteiger partial charge >= 0.3 is 0 Å². The zero-order chi connectivity index (χ0) is 22.2. The van der Waals surface area contributed by atoms with Gasteiger partial charge in [0.25, 0.3) is 0 Å². The molecule has 1 unspecified atom stereocenters. The second-order valence-electron chi connectivity index (χ2n) is 8.46. The van der Waals surface area contributed by atoms with E-state index in [1.807, 2.05) is 29.2 Å². The van der Waals surface area contributed by atoms with Crippen LogP contribution >= 0.6 is 11.8 Å². The van der Waals surface area contributed by atoms with Crippen molar-refractivity contribution in [3.63, 3.8) is 0 Å². The van der Waals surface area contributed by atoms with Crippen LogP contribution in [0.1, 0.15) is 73.9 Å². The third-order valence-electron chi connectivity index (χ3n) is 5.57. The minimum absolute atomic E-state index is 0.0638. The van der Waals surface area contributed by atoms with Gasteiger partial charge in [-0.2, -0.15) is 0 Å². The number of hydrogen-bond acceptors (Lipinski definition) is 3. The van der Waals surface area contributed by atoms with Crippen LogP contribution < -0.4 is 10.2 Å². The molecule has 1 fully saturated rings. The fourth-order valence-corrected chi connectivity index (χ4v) is 5.27. The summed E-state index contributed by atoms with van der Waals surface area (Å²) >= 11 is 1.63. The number of benzene rings is 2. The van der Waals surface area contributed by atoms with Crippen molar-refractivity contribution in [1.29, 1.82) is 0 Å². The molecule has 0 aliphatic carbocycles. The Morgan fingerprint density at radius 2 is 1.74 bits per heavy atom. The Labute approximate surface area is 190 Å². The van der Waals surface area contributed by atoms with Gasteiger partial charge in [0, 0.05) is 17.8 Å². The third kappa shape index (κ3) is 6.60. The summed E-state index contributed by atoms with van der Waals surface area (Å²) < 4.78 is 0. The largest absolute Gasteiger partial charge is 0.326 e. The maximum absolute atomic E-state index is 12.7. The number of nitrogens with zero attached hydrogens (tertiary/aromatic N) is 1. The third-order valence-corrected chi connectivity index (χ3v) is 6.78. The quantitative estimate of drug-likeness (QED) is 0.416. The molecule has 0 saturated carbocycles. The van der Waals surface area contributed by atoms with Gasteiger partial charge in [-0.25, -0.2) is 0 Å². The van der Waals surface area contributed by atoms with Gasteiger partial charge in [0.2, 0.25) is 11.8 Å². The first kappa shape index (κ1) is 23.4. The lowest BCUT2D eigenvalue weighted by Gasteiger charge is -2.25. The minimum Gasteiger partial charge on any atom is -0.326 e. The van der Waals surface area contributed by atoms with E-state index in [9.17, 15) is 9.59 Å². The van der Waals surface area contributed by atoms with Crippen molar-refractivity contribution in [2.24, 2.45) is 0 Å². The molecular formula is C26H34N2O2S. The first-order chi connectivity index (χ1) is 15.0. The van der Waals surface area contributed by atoms with Crippen molar-refractivity contribution in [2.75, 3.05) is 16.0 Å². The molecule has 0 spiro atoms. The van der Waals surface area contributed by atoms with Gasteiger partial charge in [-0.15, -0.1) is 11.8 Å². The molecule has 1 N–H and O–H groups in total. The van der Waals surface area contributed by atoms with Crippen LogP contribution in [0.4, 0.5) is 11.4 Å². The highest BCUT2D eigenvalue weighted by atomic mass is 32.2. The first-order valence-corrected chi connectivity index (χ1v) is 12.4. The highest BCUT2D eigenvalue weighted by Gasteiger charge is 2.34. The average Bonchev–Trinajstić information content (AvgIpc) is 3.11. The second kappa shape index (κ2) is 11.4. The summed E-state index contributed by atoms with van der Waals surface area (Å²) in [4.78, 5) is 26.9. The maximum Gasteiger partial charge on any atom is 0.238 e. The lowest BCUT2D eigenvalue weighted by atomic mass is 10.1. The van der Waals surface area contributed by atoms with E-state index >= 15 is 0 Å². The monoisotopic (exact) mass is 438 g/mol. The van der Waals surface area contributed by atoms with Crippen LogP contribution in [0.2, 0.25) is 0 Å². The Morgan fingerprint density at radius 1 is 1.03 bits per heavy atom. The predicted molar refractivity (Wildman–Crippen MR) is 132 cm³/mol. The molecule has 31 heavy (non-hydrogen) atoms. The zero-order valence-corrected chi connectivity index (χ0v) is 19.8. The predicted octanol–water partition coefficient (Wildman–Crippen LogP) is 6.77. The zero-order valence-electron chi connectivity index (χ0n) is 18.9. The summed E-state index contributed by atoms with van der Waals surface area (Å²) in [7, 11) is 0. The van der Waals surface area contributed by atoms with Crippen LogP contribution in [0, 0.1) is 13.8 Å². The number of anilines is 2. The highest BCUT2D eigenvalue weighted by Crippen LogP contribution is 2.42. The molecule has 1 saturated heterocycles. The number of nitrogens with one attached hydrogen (secondary N) is 1. The summed E-state index contributed by atoms with van der Waals surface area (Å²) in [6.45, 7) is 6.32. The number of unbranched alkanes of at least 4 members (excludes halogenated alkanes) is 5. The molecule has 1 atom stereocenters. The number of aryl methyl sites for hydroxylation is 2. The van der Waals surface area contributed by atoms with E-state index in [0.29, 0.717) is 12.2 Å². The number of thioether (sulfide) groups is 1. The number of rotatable bonds is 10. The van der Waals surface area contributed by atoms with E-state index < -0.39 is 0 Å². The topological polar surface area (TPSA) is 49.4 Å². The maximum atomic E-state index is 12.7. The summed E-state index contributed by atoms with van der Waals surface area (Å²) in [5.41, 5.74) is 5.07. The molecule has 1 heterocycles. The first-order valence-electron chi connectivity index (χ1n) is 11.4. The molecule has 5 heteroatoms. The van der Waals surface area contributed by atoms with Crippen molar-refractivity contribution in [3.05, 3.63) is 59.2 Å². The number of carbonyl (C=O) groups excluding carboxylic acids is 2. The summed E-state index contributed by atoms with van der Waals surface area (Å²) in [6, 6.07) is 14.2. The molecule has 0 bridgehead atoms. The van der Waals surface area contributed by atoms with E-state index in [4.69, 9.17) is 0 Å². The summed E-state index contributed by atoms with van der Waals surface area (Å²) in [5, 5.41) is 2.96. The Balaban J connectivity index is 1.64. The van der Waals surface area contributed by atoms with Crippen LogP contribution in [-0.4, -0.2) is 17.6 Å². The van der Waals surface area contributed by atoms with Crippen LogP contribution in [-0.2, 0) is 9.59 Å². The van der Waals surface area contributed by atoms with Crippen molar-refractivity contribution in [3.8, 4) is 0 Å². The Morgan fingerprint density at radius 3 is 2.48 bits per heavy atom. The molecule has 2 aromatic carbocycles. The number of hydrogen-bond donors (Lipinski definition) is 1. The summed E-state index contributed by atoms with van der Waals surface area (Å²) in [5.74, 6) is 0.651. The molecular weight excluding hydrogens is 404 g/mol. The second-order valence-corrected chi connectivity index (χ2v) is 9.53. The van der Waals surface area contributed by atoms with Crippen molar-refractivity contribution < 1.29 is 9.59 Å². The fourth-order valence-electron chi connectivity index (χ4n) is 4.10. The highest BCUT2D eigenvalue weighted by molar-refractivity contribution is 8.00. The molecule has 2 amide bonds. The van der Waals surface area contributed by atoms with Crippen molar-refractivity contribution in [1.82, 2.24) is 0 Å². The van der Waals surface area contributed by atoms with E-state index in [2.05, 4.69) is 44.3 Å². The van der Waals surface area contributed by atoms with Crippen LogP contribution in [0.5, 0.6) is 0 Å². The fraction of sp³-hybridized carbons (Fsp3) is 0.462. The lowest BCUT2D eigenvalue weighted by Crippen LogP contribution is -2.28. The minimum atomic E-state index is -0.0795. The van der Waals surface area contributed by atoms with Gasteiger partial charge in [-0.1, -0.05) is 57.2 Å². The van der Waals surface area contributed by atoms with Crippen molar-refractivity contribution in [2.45, 2.75) is 71.1 Å².